The molecule has 1 unspecified atom stereocenters. The first-order valence-electron chi connectivity index (χ1n) is 13.1. The van der Waals surface area contributed by atoms with Crippen LogP contribution in [-0.4, -0.2) is 41.6 Å². The number of aliphatic imine (C=N–C) groups is 2. The van der Waals surface area contributed by atoms with Crippen molar-refractivity contribution in [1.29, 1.82) is 0 Å². The molecule has 1 saturated heterocycles. The van der Waals surface area contributed by atoms with Gasteiger partial charge in [-0.3, -0.25) is 9.69 Å². The van der Waals surface area contributed by atoms with Crippen molar-refractivity contribution in [2.45, 2.75) is 39.0 Å². The Morgan fingerprint density at radius 3 is 2.50 bits per heavy atom. The molecule has 42 heavy (non-hydrogen) atoms. The molecule has 2 N–H and O–H groups in total. The van der Waals surface area contributed by atoms with E-state index in [0.29, 0.717) is 34.5 Å². The molecule has 0 saturated carbocycles. The Hall–Kier alpha value is -4.45. The van der Waals surface area contributed by atoms with Gasteiger partial charge >= 0.3 is 6.36 Å². The molecule has 218 valence electrons. The maximum Gasteiger partial charge on any atom is 0.573 e. The van der Waals surface area contributed by atoms with E-state index in [4.69, 9.17) is 5.73 Å². The van der Waals surface area contributed by atoms with Crippen LogP contribution < -0.4 is 15.4 Å². The van der Waals surface area contributed by atoms with Crippen LogP contribution >= 0.6 is 11.8 Å². The van der Waals surface area contributed by atoms with Crippen LogP contribution in [0.1, 0.15) is 49.3 Å². The number of alkyl halides is 3. The van der Waals surface area contributed by atoms with E-state index >= 15 is 0 Å². The number of ether oxygens (including phenoxy) is 1. The average Bonchev–Trinajstić information content (AvgIpc) is 2.97. The molecular weight excluding hydrogens is 565 g/mol. The Kier molecular flexibility index (Phi) is 10.1. The number of hydrogen-bond acceptors (Lipinski definition) is 6. The molecule has 0 bridgehead atoms. The smallest absolute Gasteiger partial charge is 0.406 e. The van der Waals surface area contributed by atoms with Crippen molar-refractivity contribution in [3.8, 4) is 5.75 Å². The number of anilines is 1. The summed E-state index contributed by atoms with van der Waals surface area (Å²) in [5, 5.41) is 9.17. The Morgan fingerprint density at radius 1 is 1.10 bits per heavy atom. The minimum Gasteiger partial charge on any atom is -0.406 e. The van der Waals surface area contributed by atoms with Crippen LogP contribution in [0.4, 0.5) is 24.5 Å². The van der Waals surface area contributed by atoms with Crippen molar-refractivity contribution in [3.05, 3.63) is 89.5 Å². The lowest BCUT2D eigenvalue weighted by molar-refractivity contribution is -0.274. The number of halogens is 3. The molecule has 1 fully saturated rings. The second-order valence-corrected chi connectivity index (χ2v) is 10.3. The topological polar surface area (TPSA) is 105 Å². The minimum atomic E-state index is -4.76. The number of nitrogens with zero attached hydrogens (tertiary/aromatic N) is 5. The predicted octanol–water partition coefficient (Wildman–Crippen LogP) is 7.02. The van der Waals surface area contributed by atoms with Crippen molar-refractivity contribution in [3.63, 3.8) is 0 Å². The molecule has 3 aromatic rings. The number of carbonyl (C=O) groups is 1. The van der Waals surface area contributed by atoms with Crippen LogP contribution in [0, 0.1) is 0 Å². The fraction of sp³-hybridized carbons (Fsp3) is 0.233. The molecule has 1 aliphatic heterocycles. The fourth-order valence-electron chi connectivity index (χ4n) is 4.00. The number of hydrogen-bond donors (Lipinski definition) is 1. The summed E-state index contributed by atoms with van der Waals surface area (Å²) >= 11 is 1.49. The molecule has 1 amide bonds. The van der Waals surface area contributed by atoms with Crippen molar-refractivity contribution in [2.75, 3.05) is 10.7 Å². The average molecular weight is 595 g/mol. The second-order valence-electron chi connectivity index (χ2n) is 9.25. The number of rotatable bonds is 9. The van der Waals surface area contributed by atoms with Gasteiger partial charge in [0.1, 0.15) is 17.9 Å². The van der Waals surface area contributed by atoms with E-state index in [1.165, 1.54) is 30.2 Å². The van der Waals surface area contributed by atoms with Crippen LogP contribution in [-0.2, 0) is 4.79 Å². The Labute approximate surface area is 245 Å². The van der Waals surface area contributed by atoms with Crippen LogP contribution in [0.3, 0.4) is 0 Å². The normalized spacial score (nSPS) is 16.5. The van der Waals surface area contributed by atoms with E-state index in [-0.39, 0.29) is 17.5 Å². The Morgan fingerprint density at radius 2 is 1.81 bits per heavy atom. The number of para-hydroxylation sites is 1. The van der Waals surface area contributed by atoms with Gasteiger partial charge in [-0.15, -0.1) is 18.3 Å². The molecule has 0 aromatic heterocycles. The van der Waals surface area contributed by atoms with E-state index in [0.717, 1.165) is 35.4 Å². The molecule has 3 aromatic carbocycles. The molecule has 12 heteroatoms. The summed E-state index contributed by atoms with van der Waals surface area (Å²) in [5.41, 5.74) is 9.77. The third-order valence-electron chi connectivity index (χ3n) is 6.34. The van der Waals surface area contributed by atoms with Gasteiger partial charge in [-0.2, -0.15) is 5.10 Å². The van der Waals surface area contributed by atoms with Crippen molar-refractivity contribution < 1.29 is 22.7 Å². The summed E-state index contributed by atoms with van der Waals surface area (Å²) in [6.07, 6.45) is -0.563. The van der Waals surface area contributed by atoms with Gasteiger partial charge in [0, 0.05) is 17.7 Å². The van der Waals surface area contributed by atoms with E-state index in [1.54, 1.807) is 35.4 Å². The third kappa shape index (κ3) is 8.29. The number of carbonyl (C=O) groups excluding carboxylic acids is 1. The highest BCUT2D eigenvalue weighted by Gasteiger charge is 2.31. The number of amides is 1. The van der Waals surface area contributed by atoms with E-state index in [1.807, 2.05) is 24.3 Å². The summed E-state index contributed by atoms with van der Waals surface area (Å²) < 4.78 is 40.7. The molecule has 1 heterocycles. The van der Waals surface area contributed by atoms with Gasteiger partial charge in [-0.1, -0.05) is 68.1 Å². The first-order valence-corrected chi connectivity index (χ1v) is 14.1. The summed E-state index contributed by atoms with van der Waals surface area (Å²) in [5.74, 6) is 0.791. The molecular formula is C30H29F3N6O2S. The predicted molar refractivity (Wildman–Crippen MR) is 163 cm³/mol. The van der Waals surface area contributed by atoms with Gasteiger partial charge in [-0.25, -0.2) is 9.98 Å². The number of amidine groups is 2. The van der Waals surface area contributed by atoms with Gasteiger partial charge in [0.25, 0.3) is 0 Å². The quantitative estimate of drug-likeness (QED) is 0.163. The Balaban J connectivity index is 1.42. The molecule has 0 aliphatic carbocycles. The van der Waals surface area contributed by atoms with Crippen LogP contribution in [0.2, 0.25) is 0 Å². The lowest BCUT2D eigenvalue weighted by Crippen LogP contribution is -2.39. The summed E-state index contributed by atoms with van der Waals surface area (Å²) in [7, 11) is 0. The SMILES string of the molecule is CCC(C)c1ccccc1N1C(=O)CCS/C1=N/N=C\c1ccc(C(N)=NC=Nc2ccc(OC(F)(F)F)cc2)cc1. The summed E-state index contributed by atoms with van der Waals surface area (Å²) in [6.45, 7) is 4.26. The van der Waals surface area contributed by atoms with Gasteiger partial charge in [0.2, 0.25) is 5.91 Å². The first kappa shape index (κ1) is 30.5. The summed E-state index contributed by atoms with van der Waals surface area (Å²) in [4.78, 5) is 22.7. The molecule has 4 rings (SSSR count). The molecule has 1 aliphatic rings. The zero-order chi connectivity index (χ0) is 30.1. The standard InChI is InChI=1S/C30H29F3N6O2S/c1-3-20(2)25-6-4-5-7-26(25)39-27(40)16-17-42-29(39)38-37-18-21-8-10-22(11-9-21)28(34)36-19-35-23-12-14-24(15-13-23)41-30(31,32)33/h4-15,18-20H,3,16-17H2,1-2H3,(H2,34,35,36)/b37-18-,38-29+. The van der Waals surface area contributed by atoms with Crippen molar-refractivity contribution >= 4 is 52.6 Å². The highest BCUT2D eigenvalue weighted by Crippen LogP contribution is 2.34. The highest BCUT2D eigenvalue weighted by molar-refractivity contribution is 8.14. The van der Waals surface area contributed by atoms with Gasteiger partial charge < -0.3 is 10.5 Å². The zero-order valence-corrected chi connectivity index (χ0v) is 23.8. The van der Waals surface area contributed by atoms with E-state index in [2.05, 4.69) is 38.8 Å². The third-order valence-corrected chi connectivity index (χ3v) is 7.27. The molecule has 1 atom stereocenters. The maximum absolute atomic E-state index is 12.9. The van der Waals surface area contributed by atoms with Crippen molar-refractivity contribution in [2.24, 2.45) is 25.9 Å². The zero-order valence-electron chi connectivity index (χ0n) is 23.0. The van der Waals surface area contributed by atoms with Crippen LogP contribution in [0.15, 0.2) is 93.0 Å². The number of benzene rings is 3. The molecule has 0 spiro atoms. The molecule has 0 radical (unpaired) electrons. The monoisotopic (exact) mass is 594 g/mol. The highest BCUT2D eigenvalue weighted by atomic mass is 32.2. The van der Waals surface area contributed by atoms with Gasteiger partial charge in [0.05, 0.1) is 17.6 Å². The number of nitrogens with two attached hydrogens (primary N) is 1. The van der Waals surface area contributed by atoms with E-state index in [9.17, 15) is 18.0 Å². The fourth-order valence-corrected chi connectivity index (χ4v) is 4.90. The van der Waals surface area contributed by atoms with Gasteiger partial charge in [-0.05, 0) is 53.8 Å². The first-order chi connectivity index (χ1) is 20.1. The van der Waals surface area contributed by atoms with Gasteiger partial charge in [0.15, 0.2) is 5.17 Å². The maximum atomic E-state index is 12.9. The van der Waals surface area contributed by atoms with Crippen LogP contribution in [0.25, 0.3) is 0 Å². The minimum absolute atomic E-state index is 0.00593. The lowest BCUT2D eigenvalue weighted by atomic mass is 9.96. The number of thioether (sulfide) groups is 1. The lowest BCUT2D eigenvalue weighted by Gasteiger charge is -2.30. The second kappa shape index (κ2) is 13.9. The molecule has 8 nitrogen and oxygen atoms in total. The summed E-state index contributed by atoms with van der Waals surface area (Å²) in [6, 6.07) is 20.1. The van der Waals surface area contributed by atoms with Crippen molar-refractivity contribution in [1.82, 2.24) is 0 Å². The Bertz CT molecular complexity index is 1500. The largest absolute Gasteiger partial charge is 0.573 e. The van der Waals surface area contributed by atoms with E-state index < -0.39 is 6.36 Å². The van der Waals surface area contributed by atoms with Crippen LogP contribution in [0.5, 0.6) is 5.75 Å².